The highest BCUT2D eigenvalue weighted by atomic mass is 32.2. The molecule has 0 saturated carbocycles. The highest BCUT2D eigenvalue weighted by Gasteiger charge is 2.10. The van der Waals surface area contributed by atoms with Gasteiger partial charge in [0.05, 0.1) is 0 Å². The van der Waals surface area contributed by atoms with Crippen molar-refractivity contribution in [2.45, 2.75) is 45.4 Å². The van der Waals surface area contributed by atoms with Crippen LogP contribution in [0.15, 0.2) is 18.2 Å². The fraction of sp³-hybridized carbons (Fsp3) is 0.571. The van der Waals surface area contributed by atoms with E-state index in [1.165, 1.54) is 16.7 Å². The van der Waals surface area contributed by atoms with Crippen LogP contribution in [0.2, 0.25) is 0 Å². The summed E-state index contributed by atoms with van der Waals surface area (Å²) in [7, 11) is 0. The monoisotopic (exact) mass is 252 g/mol. The van der Waals surface area contributed by atoms with Crippen LogP contribution in [0.4, 0.5) is 0 Å². The molecule has 0 heterocycles. The summed E-state index contributed by atoms with van der Waals surface area (Å²) in [5.74, 6) is 6.69. The van der Waals surface area contributed by atoms with E-state index >= 15 is 0 Å². The van der Waals surface area contributed by atoms with Crippen molar-refractivity contribution in [3.63, 3.8) is 0 Å². The normalized spacial score (nSPS) is 13.1. The quantitative estimate of drug-likeness (QED) is 0.604. The van der Waals surface area contributed by atoms with E-state index in [-0.39, 0.29) is 0 Å². The van der Waals surface area contributed by atoms with Gasteiger partial charge < -0.3 is 0 Å². The van der Waals surface area contributed by atoms with E-state index < -0.39 is 0 Å². The molecule has 0 aromatic heterocycles. The summed E-state index contributed by atoms with van der Waals surface area (Å²) in [6.07, 6.45) is 1.00. The molecule has 3 heteroatoms. The van der Waals surface area contributed by atoms with Gasteiger partial charge in [-0.25, -0.2) is 0 Å². The molecule has 0 radical (unpaired) electrons. The Morgan fingerprint density at radius 3 is 2.59 bits per heavy atom. The van der Waals surface area contributed by atoms with Crippen LogP contribution < -0.4 is 11.3 Å². The lowest BCUT2D eigenvalue weighted by Crippen LogP contribution is -2.39. The van der Waals surface area contributed by atoms with E-state index in [0.29, 0.717) is 11.3 Å². The Hall–Kier alpha value is -0.510. The summed E-state index contributed by atoms with van der Waals surface area (Å²) in [6.45, 7) is 8.74. The first-order valence-corrected chi connectivity index (χ1v) is 7.21. The number of rotatable bonds is 6. The van der Waals surface area contributed by atoms with E-state index in [2.05, 4.69) is 51.3 Å². The molecular formula is C14H24N2S. The first-order valence-electron chi connectivity index (χ1n) is 6.16. The minimum Gasteiger partial charge on any atom is -0.271 e. The fourth-order valence-electron chi connectivity index (χ4n) is 1.76. The number of hydrogen-bond acceptors (Lipinski definition) is 3. The SMILES string of the molecule is Cc1ccc(C)c(CC(CSC(C)C)NN)c1. The maximum Gasteiger partial charge on any atom is 0.0341 e. The Balaban J connectivity index is 2.63. The van der Waals surface area contributed by atoms with Gasteiger partial charge in [-0.3, -0.25) is 11.3 Å². The summed E-state index contributed by atoms with van der Waals surface area (Å²) < 4.78 is 0. The molecule has 0 aliphatic rings. The van der Waals surface area contributed by atoms with E-state index in [4.69, 9.17) is 5.84 Å². The van der Waals surface area contributed by atoms with Crippen LogP contribution in [-0.2, 0) is 6.42 Å². The first-order chi connectivity index (χ1) is 8.02. The molecule has 0 spiro atoms. The number of thioether (sulfide) groups is 1. The maximum absolute atomic E-state index is 5.63. The van der Waals surface area contributed by atoms with Crippen LogP contribution in [0.1, 0.15) is 30.5 Å². The van der Waals surface area contributed by atoms with E-state index in [0.717, 1.165) is 12.2 Å². The van der Waals surface area contributed by atoms with Crippen molar-refractivity contribution in [1.82, 2.24) is 5.43 Å². The molecule has 0 saturated heterocycles. The molecule has 0 aliphatic carbocycles. The smallest absolute Gasteiger partial charge is 0.0341 e. The maximum atomic E-state index is 5.63. The zero-order chi connectivity index (χ0) is 12.8. The molecule has 3 N–H and O–H groups in total. The minimum atomic E-state index is 0.350. The highest BCUT2D eigenvalue weighted by Crippen LogP contribution is 2.16. The Morgan fingerprint density at radius 1 is 1.29 bits per heavy atom. The second-order valence-corrected chi connectivity index (χ2v) is 6.49. The number of aryl methyl sites for hydroxylation is 2. The van der Waals surface area contributed by atoms with Crippen LogP contribution in [0.3, 0.4) is 0 Å². The highest BCUT2D eigenvalue weighted by molar-refractivity contribution is 7.99. The van der Waals surface area contributed by atoms with Crippen LogP contribution >= 0.6 is 11.8 Å². The van der Waals surface area contributed by atoms with Gasteiger partial charge in [0, 0.05) is 11.8 Å². The summed E-state index contributed by atoms with van der Waals surface area (Å²) in [5, 5.41) is 0.657. The van der Waals surface area contributed by atoms with Crippen molar-refractivity contribution >= 4 is 11.8 Å². The van der Waals surface area contributed by atoms with Gasteiger partial charge in [-0.2, -0.15) is 11.8 Å². The second kappa shape index (κ2) is 7.04. The van der Waals surface area contributed by atoms with Gasteiger partial charge >= 0.3 is 0 Å². The van der Waals surface area contributed by atoms with Crippen molar-refractivity contribution in [3.8, 4) is 0 Å². The van der Waals surface area contributed by atoms with Gasteiger partial charge in [0.2, 0.25) is 0 Å². The molecule has 0 amide bonds. The molecule has 0 aliphatic heterocycles. The van der Waals surface area contributed by atoms with Crippen molar-refractivity contribution in [2.24, 2.45) is 5.84 Å². The lowest BCUT2D eigenvalue weighted by Gasteiger charge is -2.18. The molecule has 1 unspecified atom stereocenters. The predicted octanol–water partition coefficient (Wildman–Crippen LogP) is 2.82. The molecular weight excluding hydrogens is 228 g/mol. The molecule has 0 fully saturated rings. The van der Waals surface area contributed by atoms with Gasteiger partial charge in [0.15, 0.2) is 0 Å². The third-order valence-electron chi connectivity index (χ3n) is 2.84. The summed E-state index contributed by atoms with van der Waals surface area (Å²) in [6, 6.07) is 6.96. The summed E-state index contributed by atoms with van der Waals surface area (Å²) in [5.41, 5.74) is 7.00. The standard InChI is InChI=1S/C14H24N2S/c1-10(2)17-9-14(16-15)8-13-7-11(3)5-6-12(13)4/h5-7,10,14,16H,8-9,15H2,1-4H3. The molecule has 0 bridgehead atoms. The summed E-state index contributed by atoms with van der Waals surface area (Å²) in [4.78, 5) is 0. The number of benzene rings is 1. The number of hydrogen-bond donors (Lipinski definition) is 2. The molecule has 2 nitrogen and oxygen atoms in total. The minimum absolute atomic E-state index is 0.350. The van der Waals surface area contributed by atoms with Crippen molar-refractivity contribution in [2.75, 3.05) is 5.75 Å². The zero-order valence-corrected chi connectivity index (χ0v) is 12.1. The average molecular weight is 252 g/mol. The van der Waals surface area contributed by atoms with E-state index in [9.17, 15) is 0 Å². The first kappa shape index (κ1) is 14.6. The molecule has 96 valence electrons. The molecule has 1 rings (SSSR count). The van der Waals surface area contributed by atoms with Gasteiger partial charge in [-0.1, -0.05) is 37.6 Å². The van der Waals surface area contributed by atoms with Gasteiger partial charge in [-0.05, 0) is 36.6 Å². The Bertz CT molecular complexity index is 350. The number of nitrogens with one attached hydrogen (secondary N) is 1. The van der Waals surface area contributed by atoms with Crippen LogP contribution in [0.25, 0.3) is 0 Å². The lowest BCUT2D eigenvalue weighted by atomic mass is 10.00. The van der Waals surface area contributed by atoms with E-state index in [1.807, 2.05) is 11.8 Å². The second-order valence-electron chi connectivity index (χ2n) is 4.88. The summed E-state index contributed by atoms with van der Waals surface area (Å²) >= 11 is 1.95. The predicted molar refractivity (Wildman–Crippen MR) is 78.3 cm³/mol. The Morgan fingerprint density at radius 2 is 2.00 bits per heavy atom. The number of hydrazine groups is 1. The van der Waals surface area contributed by atoms with E-state index in [1.54, 1.807) is 0 Å². The number of nitrogens with two attached hydrogens (primary N) is 1. The molecule has 1 aromatic carbocycles. The third kappa shape index (κ3) is 5.11. The third-order valence-corrected chi connectivity index (χ3v) is 4.10. The Kier molecular flexibility index (Phi) is 6.03. The van der Waals surface area contributed by atoms with Crippen molar-refractivity contribution in [1.29, 1.82) is 0 Å². The Labute approximate surface area is 109 Å². The average Bonchev–Trinajstić information content (AvgIpc) is 2.28. The largest absolute Gasteiger partial charge is 0.271 e. The fourth-order valence-corrected chi connectivity index (χ4v) is 2.59. The molecule has 17 heavy (non-hydrogen) atoms. The van der Waals surface area contributed by atoms with Crippen LogP contribution in [0, 0.1) is 13.8 Å². The van der Waals surface area contributed by atoms with Gasteiger partial charge in [0.25, 0.3) is 0 Å². The van der Waals surface area contributed by atoms with Gasteiger partial charge in [-0.15, -0.1) is 0 Å². The van der Waals surface area contributed by atoms with Crippen molar-refractivity contribution in [3.05, 3.63) is 34.9 Å². The van der Waals surface area contributed by atoms with Crippen LogP contribution in [-0.4, -0.2) is 17.0 Å². The molecule has 1 atom stereocenters. The van der Waals surface area contributed by atoms with Gasteiger partial charge in [0.1, 0.15) is 0 Å². The lowest BCUT2D eigenvalue weighted by molar-refractivity contribution is 0.573. The van der Waals surface area contributed by atoms with Crippen molar-refractivity contribution < 1.29 is 0 Å². The molecule has 1 aromatic rings. The zero-order valence-electron chi connectivity index (χ0n) is 11.3. The topological polar surface area (TPSA) is 38.0 Å². The van der Waals surface area contributed by atoms with Crippen LogP contribution in [0.5, 0.6) is 0 Å².